The largest absolute Gasteiger partial charge is 0.480 e. The van der Waals surface area contributed by atoms with Gasteiger partial charge in [-0.1, -0.05) is 54.1 Å². The summed E-state index contributed by atoms with van der Waals surface area (Å²) in [4.78, 5) is 58.9. The summed E-state index contributed by atoms with van der Waals surface area (Å²) in [7, 11) is 0. The molecule has 0 bridgehead atoms. The molecule has 1 aromatic heterocycles. The average molecular weight is 573 g/mol. The molecule has 0 spiro atoms. The van der Waals surface area contributed by atoms with Crippen LogP contribution in [0, 0.1) is 0 Å². The first-order valence-corrected chi connectivity index (χ1v) is 13.4. The molecule has 10 nitrogen and oxygen atoms in total. The van der Waals surface area contributed by atoms with Gasteiger partial charge >= 0.3 is 12.0 Å². The summed E-state index contributed by atoms with van der Waals surface area (Å²) in [5.74, 6) is -2.78. The summed E-state index contributed by atoms with van der Waals surface area (Å²) in [5, 5.41) is 23.0. The second-order valence-corrected chi connectivity index (χ2v) is 10.6. The number of hydrogen-bond acceptors (Lipinski definition) is 5. The number of para-hydroxylation sites is 2. The number of aliphatic carboxylic acids is 1. The number of nitrogens with one attached hydrogen (secondary N) is 2. The van der Waals surface area contributed by atoms with Gasteiger partial charge in [0.15, 0.2) is 6.04 Å². The molecule has 208 valence electrons. The fraction of sp³-hybridized carbons (Fsp3) is 0.200. The SMILES string of the molecule is C[C@H](O)[C@@H](NC(=O)c1ccccc1N1C(=O)[C@@H]2Cc3c([nH]c4ccccc34)[C@@H](c3cccc(Cl)c3)N2C1=O)C(=O)O. The third-order valence-electron chi connectivity index (χ3n) is 7.64. The number of fused-ring (bicyclic) bond motifs is 4. The molecule has 6 rings (SSSR count). The van der Waals surface area contributed by atoms with Crippen LogP contribution in [0.15, 0.2) is 72.8 Å². The van der Waals surface area contributed by atoms with Crippen LogP contribution in [-0.4, -0.2) is 62.1 Å². The number of aromatic amines is 1. The number of hydrogen-bond donors (Lipinski definition) is 4. The van der Waals surface area contributed by atoms with Crippen molar-refractivity contribution in [3.63, 3.8) is 0 Å². The van der Waals surface area contributed by atoms with E-state index in [4.69, 9.17) is 11.6 Å². The van der Waals surface area contributed by atoms with Crippen molar-refractivity contribution in [1.82, 2.24) is 15.2 Å². The highest BCUT2D eigenvalue weighted by atomic mass is 35.5. The summed E-state index contributed by atoms with van der Waals surface area (Å²) in [6.07, 6.45) is -1.12. The highest BCUT2D eigenvalue weighted by Gasteiger charge is 2.53. The van der Waals surface area contributed by atoms with Crippen molar-refractivity contribution in [2.24, 2.45) is 0 Å². The minimum atomic E-state index is -1.59. The molecule has 4 aromatic rings. The maximum absolute atomic E-state index is 14.2. The molecule has 41 heavy (non-hydrogen) atoms. The molecule has 4 amide bonds. The van der Waals surface area contributed by atoms with E-state index in [2.05, 4.69) is 10.3 Å². The van der Waals surface area contributed by atoms with E-state index >= 15 is 0 Å². The van der Waals surface area contributed by atoms with Crippen molar-refractivity contribution in [2.75, 3.05) is 4.90 Å². The summed E-state index contributed by atoms with van der Waals surface area (Å²) >= 11 is 6.35. The lowest BCUT2D eigenvalue weighted by atomic mass is 9.89. The van der Waals surface area contributed by atoms with Crippen molar-refractivity contribution in [1.29, 1.82) is 0 Å². The number of urea groups is 1. The van der Waals surface area contributed by atoms with E-state index in [1.54, 1.807) is 30.3 Å². The maximum Gasteiger partial charge on any atom is 0.332 e. The predicted octanol–water partition coefficient (Wildman–Crippen LogP) is 3.87. The lowest BCUT2D eigenvalue weighted by Gasteiger charge is -2.36. The monoisotopic (exact) mass is 572 g/mol. The van der Waals surface area contributed by atoms with E-state index < -0.39 is 48.0 Å². The van der Waals surface area contributed by atoms with Gasteiger partial charge in [0.25, 0.3) is 11.8 Å². The number of H-pyrrole nitrogens is 1. The van der Waals surface area contributed by atoms with E-state index in [0.29, 0.717) is 10.6 Å². The number of aromatic nitrogens is 1. The zero-order valence-electron chi connectivity index (χ0n) is 21.7. The zero-order chi connectivity index (χ0) is 29.0. The van der Waals surface area contributed by atoms with Gasteiger partial charge in [-0.05, 0) is 48.4 Å². The van der Waals surface area contributed by atoms with E-state index in [1.807, 2.05) is 30.3 Å². The van der Waals surface area contributed by atoms with Crippen molar-refractivity contribution in [2.45, 2.75) is 37.6 Å². The number of rotatable bonds is 6. The number of aliphatic hydroxyl groups excluding tert-OH is 1. The van der Waals surface area contributed by atoms with Crippen molar-refractivity contribution in [3.8, 4) is 0 Å². The maximum atomic E-state index is 14.2. The number of carboxylic acid groups (broad SMARTS) is 1. The van der Waals surface area contributed by atoms with Crippen LogP contribution < -0.4 is 10.2 Å². The van der Waals surface area contributed by atoms with Crippen LogP contribution in [0.2, 0.25) is 5.02 Å². The number of carbonyl (C=O) groups excluding carboxylic acids is 3. The normalized spacial score (nSPS) is 19.6. The smallest absolute Gasteiger partial charge is 0.332 e. The summed E-state index contributed by atoms with van der Waals surface area (Å²) in [6, 6.07) is 17.1. The molecule has 2 aliphatic heterocycles. The molecule has 3 aromatic carbocycles. The Labute approximate surface area is 239 Å². The Morgan fingerprint density at radius 3 is 2.51 bits per heavy atom. The van der Waals surface area contributed by atoms with Crippen LogP contribution in [0.25, 0.3) is 10.9 Å². The van der Waals surface area contributed by atoms with Crippen LogP contribution in [0.1, 0.15) is 40.1 Å². The zero-order valence-corrected chi connectivity index (χ0v) is 22.5. The van der Waals surface area contributed by atoms with Crippen molar-refractivity contribution < 1.29 is 29.4 Å². The number of imide groups is 1. The summed E-state index contributed by atoms with van der Waals surface area (Å²) in [5.41, 5.74) is 3.23. The summed E-state index contributed by atoms with van der Waals surface area (Å²) in [6.45, 7) is 1.24. The molecular weight excluding hydrogens is 548 g/mol. The minimum Gasteiger partial charge on any atom is -0.480 e. The third-order valence-corrected chi connectivity index (χ3v) is 7.87. The fourth-order valence-corrected chi connectivity index (χ4v) is 5.99. The van der Waals surface area contributed by atoms with E-state index in [9.17, 15) is 29.4 Å². The van der Waals surface area contributed by atoms with Gasteiger partial charge in [0, 0.05) is 28.0 Å². The third kappa shape index (κ3) is 4.32. The van der Waals surface area contributed by atoms with Crippen molar-refractivity contribution in [3.05, 3.63) is 100 Å². The molecule has 11 heteroatoms. The standard InChI is InChI=1S/C30H25ClN4O6/c1-15(36)24(29(39)40)33-27(37)19-10-3-5-12-22(19)35-28(38)23-14-20-18-9-2-4-11-21(18)32-25(20)26(34(23)30(35)41)16-7-6-8-17(31)13-16/h2-13,15,23-24,26,32,36H,14H2,1H3,(H,33,37)(H,39,40)/t15-,23-,24+,26+/m0/s1. The topological polar surface area (TPSA) is 143 Å². The van der Waals surface area contributed by atoms with Gasteiger partial charge in [-0.25, -0.2) is 14.5 Å². The van der Waals surface area contributed by atoms with Crippen LogP contribution in [0.4, 0.5) is 10.5 Å². The second kappa shape index (κ2) is 10.1. The molecule has 3 heterocycles. The Hall–Kier alpha value is -4.67. The van der Waals surface area contributed by atoms with Gasteiger partial charge in [-0.2, -0.15) is 0 Å². The average Bonchev–Trinajstić information content (AvgIpc) is 3.44. The number of halogens is 1. The molecule has 1 saturated heterocycles. The molecule has 1 fully saturated rings. The fourth-order valence-electron chi connectivity index (χ4n) is 5.79. The van der Waals surface area contributed by atoms with Crippen LogP contribution in [0.3, 0.4) is 0 Å². The number of benzene rings is 3. The molecule has 4 N–H and O–H groups in total. The molecule has 0 radical (unpaired) electrons. The number of amides is 4. The molecular formula is C30H25ClN4O6. The van der Waals surface area contributed by atoms with Crippen molar-refractivity contribution >= 4 is 52.0 Å². The number of carboxylic acids is 1. The van der Waals surface area contributed by atoms with E-state index in [-0.39, 0.29) is 17.7 Å². The number of aliphatic hydroxyl groups is 1. The molecule has 0 unspecified atom stereocenters. The summed E-state index contributed by atoms with van der Waals surface area (Å²) < 4.78 is 0. The molecule has 0 aliphatic carbocycles. The highest BCUT2D eigenvalue weighted by molar-refractivity contribution is 6.30. The second-order valence-electron chi connectivity index (χ2n) is 10.2. The Balaban J connectivity index is 1.45. The highest BCUT2D eigenvalue weighted by Crippen LogP contribution is 2.45. The van der Waals surface area contributed by atoms with Crippen LogP contribution in [0.5, 0.6) is 0 Å². The molecule has 0 saturated carbocycles. The number of anilines is 1. The van der Waals surface area contributed by atoms with Gasteiger partial charge in [-0.15, -0.1) is 0 Å². The Morgan fingerprint density at radius 2 is 1.78 bits per heavy atom. The van der Waals surface area contributed by atoms with Gasteiger partial charge < -0.3 is 20.5 Å². The van der Waals surface area contributed by atoms with Gasteiger partial charge in [-0.3, -0.25) is 14.5 Å². The van der Waals surface area contributed by atoms with Crippen LogP contribution in [-0.2, 0) is 16.0 Å². The Morgan fingerprint density at radius 1 is 1.05 bits per heavy atom. The van der Waals surface area contributed by atoms with Gasteiger partial charge in [0.05, 0.1) is 17.4 Å². The predicted molar refractivity (Wildman–Crippen MR) is 151 cm³/mol. The first-order valence-electron chi connectivity index (χ1n) is 13.0. The lowest BCUT2D eigenvalue weighted by Crippen LogP contribution is -2.48. The molecule has 2 aliphatic rings. The Kier molecular flexibility index (Phi) is 6.51. The molecule has 4 atom stereocenters. The van der Waals surface area contributed by atoms with E-state index in [1.165, 1.54) is 24.0 Å². The minimum absolute atomic E-state index is 0.0162. The van der Waals surface area contributed by atoms with E-state index in [0.717, 1.165) is 27.1 Å². The lowest BCUT2D eigenvalue weighted by molar-refractivity contribution is -0.141. The quantitative estimate of drug-likeness (QED) is 0.258. The van der Waals surface area contributed by atoms with Crippen LogP contribution >= 0.6 is 11.6 Å². The van der Waals surface area contributed by atoms with Gasteiger partial charge in [0.2, 0.25) is 0 Å². The first kappa shape index (κ1) is 26.5. The number of nitrogens with zero attached hydrogens (tertiary/aromatic N) is 2. The number of carbonyl (C=O) groups is 4. The first-order chi connectivity index (χ1) is 19.7. The Bertz CT molecular complexity index is 1730. The van der Waals surface area contributed by atoms with Gasteiger partial charge in [0.1, 0.15) is 12.1 Å².